The van der Waals surface area contributed by atoms with Gasteiger partial charge in [0.1, 0.15) is 0 Å². The van der Waals surface area contributed by atoms with Crippen molar-refractivity contribution >= 4 is 0 Å². The SMILES string of the molecule is COCC1(CC2CCCCO2)CCCN1. The minimum atomic E-state index is 0.205. The van der Waals surface area contributed by atoms with E-state index in [1.165, 1.54) is 32.1 Å². The van der Waals surface area contributed by atoms with E-state index < -0.39 is 0 Å². The largest absolute Gasteiger partial charge is 0.383 e. The van der Waals surface area contributed by atoms with Gasteiger partial charge in [-0.3, -0.25) is 0 Å². The Morgan fingerprint density at radius 1 is 1.40 bits per heavy atom. The summed E-state index contributed by atoms with van der Waals surface area (Å²) < 4.78 is 11.2. The molecule has 3 heteroatoms. The predicted molar refractivity (Wildman–Crippen MR) is 60.1 cm³/mol. The van der Waals surface area contributed by atoms with Crippen LogP contribution in [0.2, 0.25) is 0 Å². The highest BCUT2D eigenvalue weighted by Gasteiger charge is 2.36. The van der Waals surface area contributed by atoms with E-state index in [9.17, 15) is 0 Å². The van der Waals surface area contributed by atoms with Gasteiger partial charge in [-0.1, -0.05) is 0 Å². The van der Waals surface area contributed by atoms with Crippen LogP contribution < -0.4 is 5.32 Å². The Kier molecular flexibility index (Phi) is 4.00. The van der Waals surface area contributed by atoms with Crippen LogP contribution in [0.1, 0.15) is 38.5 Å². The first-order valence-electron chi connectivity index (χ1n) is 6.20. The number of rotatable bonds is 4. The fourth-order valence-corrected chi connectivity index (χ4v) is 2.91. The maximum absolute atomic E-state index is 5.82. The molecule has 2 heterocycles. The van der Waals surface area contributed by atoms with Crippen LogP contribution in [-0.4, -0.2) is 38.5 Å². The molecule has 88 valence electrons. The lowest BCUT2D eigenvalue weighted by molar-refractivity contribution is -0.0161. The van der Waals surface area contributed by atoms with E-state index in [1.807, 2.05) is 0 Å². The maximum Gasteiger partial charge on any atom is 0.0645 e. The summed E-state index contributed by atoms with van der Waals surface area (Å²) in [7, 11) is 1.80. The molecule has 15 heavy (non-hydrogen) atoms. The van der Waals surface area contributed by atoms with Crippen molar-refractivity contribution in [3.8, 4) is 0 Å². The van der Waals surface area contributed by atoms with Gasteiger partial charge in [0.2, 0.25) is 0 Å². The number of ether oxygens (including phenoxy) is 2. The first-order chi connectivity index (χ1) is 7.35. The first kappa shape index (κ1) is 11.4. The second-order valence-electron chi connectivity index (χ2n) is 4.94. The van der Waals surface area contributed by atoms with Crippen LogP contribution in [0.15, 0.2) is 0 Å². The van der Waals surface area contributed by atoms with Gasteiger partial charge in [-0.05, 0) is 45.1 Å². The predicted octanol–water partition coefficient (Wildman–Crippen LogP) is 1.71. The monoisotopic (exact) mass is 213 g/mol. The second kappa shape index (κ2) is 5.28. The van der Waals surface area contributed by atoms with E-state index in [0.29, 0.717) is 6.10 Å². The average Bonchev–Trinajstić information content (AvgIpc) is 2.69. The summed E-state index contributed by atoms with van der Waals surface area (Å²) in [5.41, 5.74) is 0.205. The van der Waals surface area contributed by atoms with Crippen molar-refractivity contribution in [1.82, 2.24) is 5.32 Å². The highest BCUT2D eigenvalue weighted by molar-refractivity contribution is 4.95. The maximum atomic E-state index is 5.82. The average molecular weight is 213 g/mol. The molecule has 0 aromatic rings. The number of nitrogens with one attached hydrogen (secondary N) is 1. The second-order valence-corrected chi connectivity index (χ2v) is 4.94. The van der Waals surface area contributed by atoms with Gasteiger partial charge in [-0.25, -0.2) is 0 Å². The topological polar surface area (TPSA) is 30.5 Å². The van der Waals surface area contributed by atoms with Gasteiger partial charge in [0, 0.05) is 19.3 Å². The molecule has 0 aliphatic carbocycles. The fourth-order valence-electron chi connectivity index (χ4n) is 2.91. The Bertz CT molecular complexity index is 184. The fraction of sp³-hybridized carbons (Fsp3) is 1.00. The van der Waals surface area contributed by atoms with Crippen molar-refractivity contribution in [2.45, 2.75) is 50.2 Å². The molecule has 2 atom stereocenters. The molecule has 1 N–H and O–H groups in total. The van der Waals surface area contributed by atoms with Crippen molar-refractivity contribution in [3.63, 3.8) is 0 Å². The van der Waals surface area contributed by atoms with E-state index in [-0.39, 0.29) is 5.54 Å². The zero-order valence-electron chi connectivity index (χ0n) is 9.76. The third-order valence-corrected chi connectivity index (χ3v) is 3.65. The van der Waals surface area contributed by atoms with Crippen molar-refractivity contribution in [2.75, 3.05) is 26.9 Å². The van der Waals surface area contributed by atoms with Crippen LogP contribution >= 0.6 is 0 Å². The van der Waals surface area contributed by atoms with Crippen LogP contribution in [0.5, 0.6) is 0 Å². The van der Waals surface area contributed by atoms with E-state index >= 15 is 0 Å². The van der Waals surface area contributed by atoms with Gasteiger partial charge in [0.05, 0.1) is 12.7 Å². The van der Waals surface area contributed by atoms with E-state index in [0.717, 1.165) is 26.2 Å². The molecule has 0 aromatic heterocycles. The first-order valence-corrected chi connectivity index (χ1v) is 6.20. The van der Waals surface area contributed by atoms with Crippen molar-refractivity contribution in [3.05, 3.63) is 0 Å². The summed E-state index contributed by atoms with van der Waals surface area (Å²) in [4.78, 5) is 0. The van der Waals surface area contributed by atoms with Gasteiger partial charge in [-0.2, -0.15) is 0 Å². The van der Waals surface area contributed by atoms with Gasteiger partial charge in [0.15, 0.2) is 0 Å². The third-order valence-electron chi connectivity index (χ3n) is 3.65. The Hall–Kier alpha value is -0.120. The minimum absolute atomic E-state index is 0.205. The summed E-state index contributed by atoms with van der Waals surface area (Å²) in [6.45, 7) is 2.91. The molecule has 2 fully saturated rings. The standard InChI is InChI=1S/C12H23NO2/c1-14-10-12(6-4-7-13-12)9-11-5-2-3-8-15-11/h11,13H,2-10H2,1H3. The molecule has 3 nitrogen and oxygen atoms in total. The number of methoxy groups -OCH3 is 1. The van der Waals surface area contributed by atoms with E-state index in [1.54, 1.807) is 7.11 Å². The molecule has 0 spiro atoms. The highest BCUT2D eigenvalue weighted by atomic mass is 16.5. The van der Waals surface area contributed by atoms with Gasteiger partial charge in [0.25, 0.3) is 0 Å². The van der Waals surface area contributed by atoms with Crippen LogP contribution in [0.25, 0.3) is 0 Å². The normalized spacial score (nSPS) is 37.0. The molecule has 0 aromatic carbocycles. The molecule has 0 radical (unpaired) electrons. The van der Waals surface area contributed by atoms with Crippen molar-refractivity contribution < 1.29 is 9.47 Å². The number of hydrogen-bond donors (Lipinski definition) is 1. The minimum Gasteiger partial charge on any atom is -0.383 e. The van der Waals surface area contributed by atoms with Gasteiger partial charge >= 0.3 is 0 Å². The van der Waals surface area contributed by atoms with Gasteiger partial charge in [-0.15, -0.1) is 0 Å². The molecule has 2 aliphatic rings. The lowest BCUT2D eigenvalue weighted by atomic mass is 9.89. The van der Waals surface area contributed by atoms with E-state index in [2.05, 4.69) is 5.32 Å². The summed E-state index contributed by atoms with van der Waals surface area (Å²) >= 11 is 0. The van der Waals surface area contributed by atoms with Crippen molar-refractivity contribution in [2.24, 2.45) is 0 Å². The summed E-state index contributed by atoms with van der Waals surface area (Å²) in [6.07, 6.45) is 7.89. The molecule has 2 unspecified atom stereocenters. The summed E-state index contributed by atoms with van der Waals surface area (Å²) in [5.74, 6) is 0. The van der Waals surface area contributed by atoms with E-state index in [4.69, 9.17) is 9.47 Å². The quantitative estimate of drug-likeness (QED) is 0.771. The lowest BCUT2D eigenvalue weighted by Crippen LogP contribution is -2.47. The molecule has 2 aliphatic heterocycles. The molecule has 0 amide bonds. The van der Waals surface area contributed by atoms with Crippen LogP contribution in [0.3, 0.4) is 0 Å². The molecule has 0 bridgehead atoms. The lowest BCUT2D eigenvalue weighted by Gasteiger charge is -2.34. The zero-order valence-corrected chi connectivity index (χ0v) is 9.76. The third kappa shape index (κ3) is 2.92. The summed E-state index contributed by atoms with van der Waals surface area (Å²) in [5, 5.41) is 3.61. The Morgan fingerprint density at radius 2 is 2.33 bits per heavy atom. The smallest absolute Gasteiger partial charge is 0.0645 e. The zero-order chi connectivity index (χ0) is 10.6. The van der Waals surface area contributed by atoms with Crippen LogP contribution in [-0.2, 0) is 9.47 Å². The van der Waals surface area contributed by atoms with Crippen LogP contribution in [0.4, 0.5) is 0 Å². The van der Waals surface area contributed by atoms with Gasteiger partial charge < -0.3 is 14.8 Å². The van der Waals surface area contributed by atoms with Crippen molar-refractivity contribution in [1.29, 1.82) is 0 Å². The highest BCUT2D eigenvalue weighted by Crippen LogP contribution is 2.29. The molecule has 2 saturated heterocycles. The van der Waals surface area contributed by atoms with Crippen LogP contribution in [0, 0.1) is 0 Å². The Morgan fingerprint density at radius 3 is 2.93 bits per heavy atom. The Labute approximate surface area is 92.5 Å². The molecular weight excluding hydrogens is 190 g/mol. The number of hydrogen-bond acceptors (Lipinski definition) is 3. The molecule has 2 rings (SSSR count). The molecular formula is C12H23NO2. The Balaban J connectivity index is 1.87. The molecule has 0 saturated carbocycles. The summed E-state index contributed by atoms with van der Waals surface area (Å²) in [6, 6.07) is 0.